The molecule has 0 saturated heterocycles. The number of halogens is 3. The lowest BCUT2D eigenvalue weighted by Crippen LogP contribution is -2.22. The average molecular weight is 415 g/mol. The maximum atomic E-state index is 13.0. The van der Waals surface area contributed by atoms with Gasteiger partial charge in [0.05, 0.1) is 5.56 Å². The van der Waals surface area contributed by atoms with Crippen molar-refractivity contribution in [2.45, 2.75) is 23.6 Å². The molecule has 4 aromatic rings. The van der Waals surface area contributed by atoms with E-state index in [1.54, 1.807) is 6.08 Å². The normalized spacial score (nSPS) is 12.0. The standard InChI is InChI=1S/C21H16F3N3OS/c1-2-11-27-19(28)18-17(15-5-3-4-6-16(15)25-18)26-20(27)29-12-13-7-9-14(10-8-13)21(22,23)24/h2-10,25H,1,11-12H2. The Morgan fingerprint density at radius 2 is 1.86 bits per heavy atom. The highest BCUT2D eigenvalue weighted by molar-refractivity contribution is 7.98. The number of hydrogen-bond acceptors (Lipinski definition) is 3. The highest BCUT2D eigenvalue weighted by Crippen LogP contribution is 2.30. The van der Waals surface area contributed by atoms with Crippen LogP contribution in [0.25, 0.3) is 21.9 Å². The summed E-state index contributed by atoms with van der Waals surface area (Å²) in [6, 6.07) is 12.5. The zero-order valence-corrected chi connectivity index (χ0v) is 16.0. The number of H-pyrrole nitrogens is 1. The van der Waals surface area contributed by atoms with Crippen LogP contribution >= 0.6 is 11.8 Å². The molecule has 0 bridgehead atoms. The second-order valence-corrected chi connectivity index (χ2v) is 7.42. The first-order valence-corrected chi connectivity index (χ1v) is 9.78. The minimum absolute atomic E-state index is 0.207. The van der Waals surface area contributed by atoms with Gasteiger partial charge < -0.3 is 4.98 Å². The second kappa shape index (κ2) is 7.44. The molecule has 0 radical (unpaired) electrons. The van der Waals surface area contributed by atoms with Gasteiger partial charge >= 0.3 is 6.18 Å². The number of aromatic nitrogens is 3. The Labute approximate surface area is 168 Å². The van der Waals surface area contributed by atoms with Crippen molar-refractivity contribution < 1.29 is 13.2 Å². The summed E-state index contributed by atoms with van der Waals surface area (Å²) in [5.41, 5.74) is 1.64. The molecule has 4 rings (SSSR count). The minimum Gasteiger partial charge on any atom is -0.349 e. The number of benzene rings is 2. The summed E-state index contributed by atoms with van der Waals surface area (Å²) < 4.78 is 39.7. The minimum atomic E-state index is -4.36. The van der Waals surface area contributed by atoms with E-state index in [1.807, 2.05) is 24.3 Å². The van der Waals surface area contributed by atoms with Gasteiger partial charge in [-0.1, -0.05) is 48.2 Å². The Balaban J connectivity index is 1.72. The number of aromatic amines is 1. The number of hydrogen-bond donors (Lipinski definition) is 1. The van der Waals surface area contributed by atoms with E-state index < -0.39 is 11.7 Å². The first-order chi connectivity index (χ1) is 13.9. The third-order valence-corrected chi connectivity index (χ3v) is 5.58. The van der Waals surface area contributed by atoms with Crippen LogP contribution in [-0.2, 0) is 18.5 Å². The third kappa shape index (κ3) is 3.67. The Morgan fingerprint density at radius 3 is 2.55 bits per heavy atom. The number of allylic oxidation sites excluding steroid dienone is 1. The Kier molecular flexibility index (Phi) is 4.96. The van der Waals surface area contributed by atoms with Crippen LogP contribution in [0.1, 0.15) is 11.1 Å². The van der Waals surface area contributed by atoms with Crippen LogP contribution in [0.4, 0.5) is 13.2 Å². The van der Waals surface area contributed by atoms with Gasteiger partial charge in [-0.2, -0.15) is 13.2 Å². The Bertz CT molecular complexity index is 1260. The predicted octanol–water partition coefficient (Wildman–Crippen LogP) is 5.37. The fraction of sp³-hybridized carbons (Fsp3) is 0.143. The molecule has 0 amide bonds. The summed E-state index contributed by atoms with van der Waals surface area (Å²) in [4.78, 5) is 20.8. The smallest absolute Gasteiger partial charge is 0.349 e. The van der Waals surface area contributed by atoms with Crippen LogP contribution in [0.3, 0.4) is 0 Å². The average Bonchev–Trinajstić information content (AvgIpc) is 3.07. The monoisotopic (exact) mass is 415 g/mol. The third-order valence-electron chi connectivity index (χ3n) is 4.54. The van der Waals surface area contributed by atoms with E-state index in [1.165, 1.54) is 28.5 Å². The number of nitrogens with zero attached hydrogens (tertiary/aromatic N) is 2. The molecule has 2 aromatic heterocycles. The molecule has 0 atom stereocenters. The summed E-state index contributed by atoms with van der Waals surface area (Å²) in [5.74, 6) is 0.385. The highest BCUT2D eigenvalue weighted by Gasteiger charge is 2.29. The van der Waals surface area contributed by atoms with E-state index in [2.05, 4.69) is 16.5 Å². The number of nitrogens with one attached hydrogen (secondary N) is 1. The molecule has 1 N–H and O–H groups in total. The molecule has 4 nitrogen and oxygen atoms in total. The van der Waals surface area contributed by atoms with Gasteiger partial charge in [0.1, 0.15) is 11.0 Å². The number of rotatable bonds is 5. The molecular weight excluding hydrogens is 399 g/mol. The number of alkyl halides is 3. The van der Waals surface area contributed by atoms with Crippen LogP contribution in [0, 0.1) is 0 Å². The van der Waals surface area contributed by atoms with Crippen LogP contribution in [-0.4, -0.2) is 14.5 Å². The zero-order valence-electron chi connectivity index (χ0n) is 15.2. The lowest BCUT2D eigenvalue weighted by atomic mass is 10.1. The molecule has 8 heteroatoms. The molecule has 0 aliphatic rings. The summed E-state index contributed by atoms with van der Waals surface area (Å²) in [5, 5.41) is 1.34. The van der Waals surface area contributed by atoms with Crippen molar-refractivity contribution in [3.05, 3.63) is 82.7 Å². The van der Waals surface area contributed by atoms with Crippen molar-refractivity contribution >= 4 is 33.7 Å². The van der Waals surface area contributed by atoms with Gasteiger partial charge in [0.2, 0.25) is 0 Å². The van der Waals surface area contributed by atoms with Crippen LogP contribution in [0.5, 0.6) is 0 Å². The zero-order chi connectivity index (χ0) is 20.6. The lowest BCUT2D eigenvalue weighted by molar-refractivity contribution is -0.137. The van der Waals surface area contributed by atoms with Gasteiger partial charge in [0, 0.05) is 23.2 Å². The fourth-order valence-corrected chi connectivity index (χ4v) is 4.07. The number of fused-ring (bicyclic) bond motifs is 3. The van der Waals surface area contributed by atoms with Crippen molar-refractivity contribution in [3.8, 4) is 0 Å². The van der Waals surface area contributed by atoms with Crippen molar-refractivity contribution in [1.29, 1.82) is 0 Å². The van der Waals surface area contributed by atoms with E-state index in [9.17, 15) is 18.0 Å². The summed E-state index contributed by atoms with van der Waals surface area (Å²) in [6.07, 6.45) is -2.75. The summed E-state index contributed by atoms with van der Waals surface area (Å²) in [7, 11) is 0. The van der Waals surface area contributed by atoms with Gasteiger partial charge in [-0.15, -0.1) is 6.58 Å². The van der Waals surface area contributed by atoms with Gasteiger partial charge in [0.25, 0.3) is 5.56 Å². The van der Waals surface area contributed by atoms with E-state index in [4.69, 9.17) is 0 Å². The highest BCUT2D eigenvalue weighted by atomic mass is 32.2. The van der Waals surface area contributed by atoms with Crippen LogP contribution < -0.4 is 5.56 Å². The fourth-order valence-electron chi connectivity index (χ4n) is 3.11. The first-order valence-electron chi connectivity index (χ1n) is 8.79. The van der Waals surface area contributed by atoms with Gasteiger partial charge in [-0.25, -0.2) is 4.98 Å². The first kappa shape index (κ1) is 19.3. The molecule has 2 aromatic carbocycles. The van der Waals surface area contributed by atoms with Crippen molar-refractivity contribution in [1.82, 2.24) is 14.5 Å². The molecule has 0 unspecified atom stereocenters. The van der Waals surface area contributed by atoms with E-state index in [0.29, 0.717) is 27.5 Å². The molecule has 0 fully saturated rings. The van der Waals surface area contributed by atoms with Crippen LogP contribution in [0.15, 0.2) is 71.1 Å². The predicted molar refractivity (Wildman–Crippen MR) is 109 cm³/mol. The van der Waals surface area contributed by atoms with Crippen molar-refractivity contribution in [2.24, 2.45) is 0 Å². The molecule has 29 heavy (non-hydrogen) atoms. The topological polar surface area (TPSA) is 50.7 Å². The molecule has 0 aliphatic heterocycles. The molecule has 0 saturated carbocycles. The Hall–Kier alpha value is -3.00. The van der Waals surface area contributed by atoms with Gasteiger partial charge in [0.15, 0.2) is 5.16 Å². The molecule has 0 aliphatic carbocycles. The van der Waals surface area contributed by atoms with Crippen molar-refractivity contribution in [3.63, 3.8) is 0 Å². The van der Waals surface area contributed by atoms with Crippen LogP contribution in [0.2, 0.25) is 0 Å². The maximum Gasteiger partial charge on any atom is 0.416 e. The van der Waals surface area contributed by atoms with Gasteiger partial charge in [-0.3, -0.25) is 9.36 Å². The maximum absolute atomic E-state index is 13.0. The number of thioether (sulfide) groups is 1. The van der Waals surface area contributed by atoms with E-state index in [-0.39, 0.29) is 12.1 Å². The summed E-state index contributed by atoms with van der Waals surface area (Å²) in [6.45, 7) is 3.98. The molecular formula is C21H16F3N3OS. The Morgan fingerprint density at radius 1 is 1.14 bits per heavy atom. The van der Waals surface area contributed by atoms with Crippen molar-refractivity contribution in [2.75, 3.05) is 0 Å². The van der Waals surface area contributed by atoms with Gasteiger partial charge in [-0.05, 0) is 23.8 Å². The SMILES string of the molecule is C=CCn1c(SCc2ccc(C(F)(F)F)cc2)nc2c([nH]c3ccccc32)c1=O. The molecule has 148 valence electrons. The second-order valence-electron chi connectivity index (χ2n) is 6.48. The number of para-hydroxylation sites is 1. The molecule has 0 spiro atoms. The largest absolute Gasteiger partial charge is 0.416 e. The summed E-state index contributed by atoms with van der Waals surface area (Å²) >= 11 is 1.30. The van der Waals surface area contributed by atoms with E-state index >= 15 is 0 Å². The molecule has 2 heterocycles. The lowest BCUT2D eigenvalue weighted by Gasteiger charge is -2.11. The van der Waals surface area contributed by atoms with E-state index in [0.717, 1.165) is 23.0 Å². The quantitative estimate of drug-likeness (QED) is 0.271.